The summed E-state index contributed by atoms with van der Waals surface area (Å²) in [6.45, 7) is 5.18. The Morgan fingerprint density at radius 2 is 2.37 bits per heavy atom. The lowest BCUT2D eigenvalue weighted by molar-refractivity contribution is -0.0357. The zero-order chi connectivity index (χ0) is 13.1. The molecule has 6 heteroatoms. The maximum Gasteiger partial charge on any atom is 0.125 e. The number of imidazole rings is 1. The van der Waals surface area contributed by atoms with Gasteiger partial charge in [0.1, 0.15) is 17.8 Å². The quantitative estimate of drug-likeness (QED) is 0.893. The Labute approximate surface area is 111 Å². The van der Waals surface area contributed by atoms with E-state index in [1.807, 2.05) is 19.2 Å². The van der Waals surface area contributed by atoms with Gasteiger partial charge in [-0.25, -0.2) is 15.0 Å². The van der Waals surface area contributed by atoms with E-state index in [-0.39, 0.29) is 6.10 Å². The highest BCUT2D eigenvalue weighted by atomic mass is 16.5. The minimum absolute atomic E-state index is 0.0189. The van der Waals surface area contributed by atoms with Gasteiger partial charge in [-0.3, -0.25) is 4.90 Å². The summed E-state index contributed by atoms with van der Waals surface area (Å²) >= 11 is 0. The summed E-state index contributed by atoms with van der Waals surface area (Å²) < 4.78 is 5.81. The van der Waals surface area contributed by atoms with Crippen LogP contribution in [0.3, 0.4) is 0 Å². The molecule has 0 spiro atoms. The Morgan fingerprint density at radius 3 is 3.16 bits per heavy atom. The third-order valence-electron chi connectivity index (χ3n) is 3.21. The van der Waals surface area contributed by atoms with Gasteiger partial charge in [-0.15, -0.1) is 0 Å². The van der Waals surface area contributed by atoms with E-state index in [2.05, 4.69) is 24.8 Å². The van der Waals surface area contributed by atoms with Crippen molar-refractivity contribution in [3.63, 3.8) is 0 Å². The minimum atomic E-state index is 0.0189. The van der Waals surface area contributed by atoms with Crippen LogP contribution >= 0.6 is 0 Å². The molecule has 0 radical (unpaired) electrons. The van der Waals surface area contributed by atoms with Gasteiger partial charge < -0.3 is 9.72 Å². The first-order valence-electron chi connectivity index (χ1n) is 6.43. The van der Waals surface area contributed by atoms with Gasteiger partial charge in [-0.05, 0) is 13.0 Å². The van der Waals surface area contributed by atoms with E-state index in [9.17, 15) is 0 Å². The third-order valence-corrected chi connectivity index (χ3v) is 3.21. The van der Waals surface area contributed by atoms with E-state index in [4.69, 9.17) is 4.74 Å². The van der Waals surface area contributed by atoms with Crippen molar-refractivity contribution in [2.24, 2.45) is 0 Å². The van der Waals surface area contributed by atoms with Gasteiger partial charge in [-0.2, -0.15) is 0 Å². The number of nitrogens with zero attached hydrogens (tertiary/aromatic N) is 4. The molecule has 3 heterocycles. The molecule has 1 fully saturated rings. The summed E-state index contributed by atoms with van der Waals surface area (Å²) in [6, 6.07) is 1.92. The Hall–Kier alpha value is -1.79. The molecule has 0 unspecified atom stereocenters. The lowest BCUT2D eigenvalue weighted by atomic mass is 10.2. The van der Waals surface area contributed by atoms with Crippen LogP contribution in [0.4, 0.5) is 0 Å². The predicted octanol–water partition coefficient (Wildman–Crippen LogP) is 1.08. The van der Waals surface area contributed by atoms with Gasteiger partial charge in [0, 0.05) is 31.7 Å². The Balaban J connectivity index is 1.67. The molecular weight excluding hydrogens is 242 g/mol. The molecule has 1 N–H and O–H groups in total. The van der Waals surface area contributed by atoms with E-state index in [1.165, 1.54) is 0 Å². The zero-order valence-electron chi connectivity index (χ0n) is 10.9. The summed E-state index contributed by atoms with van der Waals surface area (Å²) in [7, 11) is 0. The first-order chi connectivity index (χ1) is 9.31. The van der Waals surface area contributed by atoms with E-state index in [0.717, 1.165) is 37.0 Å². The largest absolute Gasteiger partial charge is 0.369 e. The molecule has 1 aliphatic heterocycles. The molecule has 1 atom stereocenters. The number of rotatable bonds is 3. The third kappa shape index (κ3) is 2.97. The Kier molecular flexibility index (Phi) is 3.52. The molecule has 3 rings (SSSR count). The highest BCUT2D eigenvalue weighted by molar-refractivity contribution is 5.07. The molecule has 19 heavy (non-hydrogen) atoms. The van der Waals surface area contributed by atoms with Crippen LogP contribution in [0.25, 0.3) is 0 Å². The topological polar surface area (TPSA) is 66.9 Å². The van der Waals surface area contributed by atoms with Crippen molar-refractivity contribution < 1.29 is 4.74 Å². The highest BCUT2D eigenvalue weighted by Crippen LogP contribution is 2.21. The number of morpholine rings is 1. The fraction of sp³-hybridized carbons (Fsp3) is 0.462. The highest BCUT2D eigenvalue weighted by Gasteiger charge is 2.23. The van der Waals surface area contributed by atoms with Crippen molar-refractivity contribution in [3.05, 3.63) is 42.0 Å². The molecule has 100 valence electrons. The lowest BCUT2D eigenvalue weighted by Crippen LogP contribution is -2.38. The van der Waals surface area contributed by atoms with Crippen LogP contribution in [0.5, 0.6) is 0 Å². The van der Waals surface area contributed by atoms with Gasteiger partial charge in [0.25, 0.3) is 0 Å². The van der Waals surface area contributed by atoms with Gasteiger partial charge >= 0.3 is 0 Å². The van der Waals surface area contributed by atoms with Crippen molar-refractivity contribution in [2.75, 3.05) is 19.7 Å². The van der Waals surface area contributed by atoms with Crippen molar-refractivity contribution in [1.29, 1.82) is 0 Å². The first-order valence-corrected chi connectivity index (χ1v) is 6.43. The number of hydrogen-bond acceptors (Lipinski definition) is 5. The molecule has 0 bridgehead atoms. The molecule has 2 aromatic rings. The Morgan fingerprint density at radius 1 is 1.42 bits per heavy atom. The number of aromatic nitrogens is 4. The van der Waals surface area contributed by atoms with Gasteiger partial charge in [0.2, 0.25) is 0 Å². The molecule has 6 nitrogen and oxygen atoms in total. The zero-order valence-corrected chi connectivity index (χ0v) is 10.9. The smallest absolute Gasteiger partial charge is 0.125 e. The number of aromatic amines is 1. The van der Waals surface area contributed by atoms with Crippen LogP contribution in [0.15, 0.2) is 24.7 Å². The summed E-state index contributed by atoms with van der Waals surface area (Å²) in [5.41, 5.74) is 0.955. The molecule has 0 aromatic carbocycles. The first kappa shape index (κ1) is 12.3. The van der Waals surface area contributed by atoms with Crippen LogP contribution in [0.1, 0.15) is 23.4 Å². The fourth-order valence-corrected chi connectivity index (χ4v) is 2.28. The summed E-state index contributed by atoms with van der Waals surface area (Å²) in [5, 5.41) is 0. The number of ether oxygens (including phenoxy) is 1. The van der Waals surface area contributed by atoms with E-state index in [1.54, 1.807) is 12.4 Å². The molecule has 2 aromatic heterocycles. The van der Waals surface area contributed by atoms with E-state index in [0.29, 0.717) is 6.61 Å². The van der Waals surface area contributed by atoms with Gasteiger partial charge in [0.15, 0.2) is 0 Å². The van der Waals surface area contributed by atoms with Crippen LogP contribution < -0.4 is 0 Å². The fourth-order valence-electron chi connectivity index (χ4n) is 2.28. The van der Waals surface area contributed by atoms with Crippen LogP contribution in [-0.2, 0) is 11.3 Å². The maximum absolute atomic E-state index is 5.81. The minimum Gasteiger partial charge on any atom is -0.369 e. The average molecular weight is 259 g/mol. The van der Waals surface area contributed by atoms with Crippen LogP contribution in [-0.4, -0.2) is 44.5 Å². The van der Waals surface area contributed by atoms with Crippen molar-refractivity contribution in [3.8, 4) is 0 Å². The van der Waals surface area contributed by atoms with Crippen molar-refractivity contribution in [2.45, 2.75) is 19.6 Å². The van der Waals surface area contributed by atoms with E-state index < -0.39 is 0 Å². The van der Waals surface area contributed by atoms with Gasteiger partial charge in [-0.1, -0.05) is 0 Å². The van der Waals surface area contributed by atoms with Crippen LogP contribution in [0, 0.1) is 6.92 Å². The number of aryl methyl sites for hydroxylation is 1. The van der Waals surface area contributed by atoms with Crippen LogP contribution in [0.2, 0.25) is 0 Å². The SMILES string of the molecule is Cc1nccc([C@@H]2CN(Cc3ncc[nH]3)CCO2)n1. The Bertz CT molecular complexity index is 528. The molecule has 1 saturated heterocycles. The lowest BCUT2D eigenvalue weighted by Gasteiger charge is -2.32. The summed E-state index contributed by atoms with van der Waals surface area (Å²) in [5.74, 6) is 1.77. The molecule has 0 aliphatic carbocycles. The number of hydrogen-bond donors (Lipinski definition) is 1. The summed E-state index contributed by atoms with van der Waals surface area (Å²) in [4.78, 5) is 18.3. The van der Waals surface area contributed by atoms with Gasteiger partial charge in [0.05, 0.1) is 18.8 Å². The molecule has 0 saturated carbocycles. The number of H-pyrrole nitrogens is 1. The number of nitrogens with one attached hydrogen (secondary N) is 1. The molecule has 1 aliphatic rings. The average Bonchev–Trinajstić information content (AvgIpc) is 2.92. The normalized spacial score (nSPS) is 20.6. The standard InChI is InChI=1S/C13H17N5O/c1-10-14-3-2-11(17-10)12-8-18(6-7-19-12)9-13-15-4-5-16-13/h2-5,12H,6-9H2,1H3,(H,15,16)/t12-/m0/s1. The second kappa shape index (κ2) is 5.46. The predicted molar refractivity (Wildman–Crippen MR) is 69.3 cm³/mol. The second-order valence-electron chi connectivity index (χ2n) is 4.66. The second-order valence-corrected chi connectivity index (χ2v) is 4.66. The monoisotopic (exact) mass is 259 g/mol. The van der Waals surface area contributed by atoms with Crippen molar-refractivity contribution in [1.82, 2.24) is 24.8 Å². The van der Waals surface area contributed by atoms with E-state index >= 15 is 0 Å². The molecule has 0 amide bonds. The van der Waals surface area contributed by atoms with Crippen molar-refractivity contribution >= 4 is 0 Å². The maximum atomic E-state index is 5.81. The molecular formula is C13H17N5O. The summed E-state index contributed by atoms with van der Waals surface area (Å²) in [6.07, 6.45) is 5.43.